The van der Waals surface area contributed by atoms with Gasteiger partial charge in [0.05, 0.1) is 18.7 Å². The Balaban J connectivity index is 1.80. The minimum Gasteiger partial charge on any atom is -0.496 e. The molecule has 0 radical (unpaired) electrons. The predicted molar refractivity (Wildman–Crippen MR) is 142 cm³/mol. The third-order valence-corrected chi connectivity index (χ3v) is 7.33. The SMILES string of the molecule is COc1cc(Br)c2[nH]c(=O)c3sccc3c2c1-c1ccc([C@@H](C)N(C)C(=O)OC(C)(C)C)cc1. The van der Waals surface area contributed by atoms with Crippen LogP contribution in [0.25, 0.3) is 32.1 Å². The Bertz CT molecular complexity index is 1430. The lowest BCUT2D eigenvalue weighted by Crippen LogP contribution is -2.35. The van der Waals surface area contributed by atoms with Crippen LogP contribution in [0.4, 0.5) is 4.79 Å². The number of H-pyrrole nitrogens is 1. The van der Waals surface area contributed by atoms with Gasteiger partial charge in [-0.15, -0.1) is 11.3 Å². The number of hydrogen-bond acceptors (Lipinski definition) is 5. The van der Waals surface area contributed by atoms with Gasteiger partial charge in [0.15, 0.2) is 0 Å². The largest absolute Gasteiger partial charge is 0.496 e. The number of aromatic nitrogens is 1. The lowest BCUT2D eigenvalue weighted by atomic mass is 9.95. The molecule has 4 rings (SSSR count). The number of thiophene rings is 1. The van der Waals surface area contributed by atoms with Crippen LogP contribution in [0, 0.1) is 0 Å². The molecule has 2 aromatic carbocycles. The molecule has 0 aliphatic carbocycles. The minimum absolute atomic E-state index is 0.108. The number of carbonyl (C=O) groups excluding carboxylic acids is 1. The number of nitrogens with zero attached hydrogens (tertiary/aromatic N) is 1. The summed E-state index contributed by atoms with van der Waals surface area (Å²) in [6.07, 6.45) is -0.367. The van der Waals surface area contributed by atoms with Crippen molar-refractivity contribution in [3.63, 3.8) is 0 Å². The first-order valence-electron chi connectivity index (χ1n) is 10.9. The molecule has 1 N–H and O–H groups in total. The van der Waals surface area contributed by atoms with E-state index in [1.807, 2.05) is 69.5 Å². The van der Waals surface area contributed by atoms with E-state index in [4.69, 9.17) is 9.47 Å². The van der Waals surface area contributed by atoms with E-state index >= 15 is 0 Å². The highest BCUT2D eigenvalue weighted by Gasteiger charge is 2.24. The average Bonchev–Trinajstić information content (AvgIpc) is 3.28. The molecule has 2 heterocycles. The van der Waals surface area contributed by atoms with Crippen molar-refractivity contribution >= 4 is 54.3 Å². The number of pyridine rings is 1. The van der Waals surface area contributed by atoms with Crippen LogP contribution in [0.15, 0.2) is 51.0 Å². The van der Waals surface area contributed by atoms with Crippen molar-refractivity contribution in [1.29, 1.82) is 0 Å². The Morgan fingerprint density at radius 2 is 1.85 bits per heavy atom. The van der Waals surface area contributed by atoms with E-state index in [-0.39, 0.29) is 17.7 Å². The minimum atomic E-state index is -0.553. The predicted octanol–water partition coefficient (Wildman–Crippen LogP) is 7.11. The summed E-state index contributed by atoms with van der Waals surface area (Å²) in [7, 11) is 3.38. The van der Waals surface area contributed by atoms with Crippen molar-refractivity contribution in [2.24, 2.45) is 0 Å². The van der Waals surface area contributed by atoms with Gasteiger partial charge in [-0.2, -0.15) is 0 Å². The molecule has 0 fully saturated rings. The number of halogens is 1. The molecule has 8 heteroatoms. The van der Waals surface area contributed by atoms with Gasteiger partial charge in [-0.1, -0.05) is 24.3 Å². The molecular formula is C26H27BrN2O4S. The van der Waals surface area contributed by atoms with Crippen molar-refractivity contribution in [3.8, 4) is 16.9 Å². The molecule has 0 saturated carbocycles. The van der Waals surface area contributed by atoms with Crippen molar-refractivity contribution in [1.82, 2.24) is 9.88 Å². The van der Waals surface area contributed by atoms with Gasteiger partial charge in [-0.3, -0.25) is 4.79 Å². The molecule has 0 spiro atoms. The van der Waals surface area contributed by atoms with Crippen LogP contribution in [0.2, 0.25) is 0 Å². The Labute approximate surface area is 210 Å². The fourth-order valence-electron chi connectivity index (χ4n) is 3.96. The molecule has 34 heavy (non-hydrogen) atoms. The Kier molecular flexibility index (Phi) is 6.48. The molecule has 2 aromatic heterocycles. The number of fused-ring (bicyclic) bond motifs is 3. The van der Waals surface area contributed by atoms with Crippen LogP contribution in [0.3, 0.4) is 0 Å². The summed E-state index contributed by atoms with van der Waals surface area (Å²) in [6.45, 7) is 7.53. The molecule has 4 aromatic rings. The number of amides is 1. The summed E-state index contributed by atoms with van der Waals surface area (Å²) in [6, 6.07) is 11.7. The molecule has 0 saturated heterocycles. The summed E-state index contributed by atoms with van der Waals surface area (Å²) in [5, 5.41) is 3.74. The smallest absolute Gasteiger partial charge is 0.410 e. The highest BCUT2D eigenvalue weighted by molar-refractivity contribution is 9.10. The summed E-state index contributed by atoms with van der Waals surface area (Å²) in [5.74, 6) is 0.700. The van der Waals surface area contributed by atoms with E-state index < -0.39 is 5.60 Å². The maximum Gasteiger partial charge on any atom is 0.410 e. The lowest BCUT2D eigenvalue weighted by molar-refractivity contribution is 0.0234. The van der Waals surface area contributed by atoms with Gasteiger partial charge >= 0.3 is 6.09 Å². The van der Waals surface area contributed by atoms with E-state index in [0.29, 0.717) is 10.4 Å². The number of rotatable bonds is 4. The molecule has 0 bridgehead atoms. The molecule has 0 aliphatic rings. The van der Waals surface area contributed by atoms with Crippen LogP contribution in [0.1, 0.15) is 39.3 Å². The number of hydrogen-bond donors (Lipinski definition) is 1. The van der Waals surface area contributed by atoms with Crippen LogP contribution < -0.4 is 10.3 Å². The third kappa shape index (κ3) is 4.44. The third-order valence-electron chi connectivity index (χ3n) is 5.79. The zero-order valence-corrected chi connectivity index (χ0v) is 22.4. The highest BCUT2D eigenvalue weighted by Crippen LogP contribution is 2.43. The Morgan fingerprint density at radius 3 is 2.47 bits per heavy atom. The fourth-order valence-corrected chi connectivity index (χ4v) is 5.26. The van der Waals surface area contributed by atoms with Crippen molar-refractivity contribution in [2.75, 3.05) is 14.2 Å². The fraction of sp³-hybridized carbons (Fsp3) is 0.308. The summed E-state index contributed by atoms with van der Waals surface area (Å²) in [5.41, 5.74) is 2.90. The van der Waals surface area contributed by atoms with Gasteiger partial charge in [0.1, 0.15) is 16.1 Å². The summed E-state index contributed by atoms with van der Waals surface area (Å²) >= 11 is 5.01. The number of benzene rings is 2. The van der Waals surface area contributed by atoms with Crippen LogP contribution in [0.5, 0.6) is 5.75 Å². The Morgan fingerprint density at radius 1 is 1.18 bits per heavy atom. The number of methoxy groups -OCH3 is 1. The molecule has 0 aliphatic heterocycles. The van der Waals surface area contributed by atoms with Gasteiger partial charge < -0.3 is 19.4 Å². The van der Waals surface area contributed by atoms with Crippen LogP contribution in [-0.4, -0.2) is 35.7 Å². The molecule has 178 valence electrons. The molecule has 1 amide bonds. The second-order valence-corrected chi connectivity index (χ2v) is 11.0. The van der Waals surface area contributed by atoms with Gasteiger partial charge in [0, 0.05) is 27.9 Å². The molecule has 1 atom stereocenters. The number of aromatic amines is 1. The van der Waals surface area contributed by atoms with E-state index in [0.717, 1.165) is 37.5 Å². The second kappa shape index (κ2) is 9.07. The number of carbonyl (C=O) groups is 1. The maximum absolute atomic E-state index is 12.6. The van der Waals surface area contributed by atoms with Gasteiger partial charge in [-0.25, -0.2) is 4.79 Å². The average molecular weight is 543 g/mol. The van der Waals surface area contributed by atoms with Crippen LogP contribution in [-0.2, 0) is 4.74 Å². The first-order chi connectivity index (χ1) is 16.0. The molecule has 0 unspecified atom stereocenters. The van der Waals surface area contributed by atoms with E-state index in [1.165, 1.54) is 11.3 Å². The van der Waals surface area contributed by atoms with E-state index in [2.05, 4.69) is 20.9 Å². The number of ether oxygens (including phenoxy) is 2. The monoisotopic (exact) mass is 542 g/mol. The number of nitrogens with one attached hydrogen (secondary N) is 1. The molecular weight excluding hydrogens is 516 g/mol. The van der Waals surface area contributed by atoms with Crippen LogP contribution >= 0.6 is 27.3 Å². The zero-order chi connectivity index (χ0) is 24.8. The van der Waals surface area contributed by atoms with Gasteiger partial charge in [-0.05, 0) is 72.3 Å². The molecule has 6 nitrogen and oxygen atoms in total. The lowest BCUT2D eigenvalue weighted by Gasteiger charge is -2.29. The van der Waals surface area contributed by atoms with Gasteiger partial charge in [0.25, 0.3) is 5.56 Å². The zero-order valence-electron chi connectivity index (χ0n) is 20.0. The van der Waals surface area contributed by atoms with E-state index in [1.54, 1.807) is 19.1 Å². The second-order valence-electron chi connectivity index (χ2n) is 9.19. The summed E-state index contributed by atoms with van der Waals surface area (Å²) in [4.78, 5) is 29.7. The summed E-state index contributed by atoms with van der Waals surface area (Å²) < 4.78 is 12.7. The van der Waals surface area contributed by atoms with Gasteiger partial charge in [0.2, 0.25) is 0 Å². The first kappa shape index (κ1) is 24.3. The quantitative estimate of drug-likeness (QED) is 0.298. The van der Waals surface area contributed by atoms with Crippen molar-refractivity contribution < 1.29 is 14.3 Å². The van der Waals surface area contributed by atoms with Crippen molar-refractivity contribution in [3.05, 3.63) is 62.2 Å². The first-order valence-corrected chi connectivity index (χ1v) is 12.5. The topological polar surface area (TPSA) is 71.6 Å². The highest BCUT2D eigenvalue weighted by atomic mass is 79.9. The van der Waals surface area contributed by atoms with Crippen molar-refractivity contribution in [2.45, 2.75) is 39.3 Å². The standard InChI is InChI=1S/C26H27BrN2O4S/c1-14(29(5)25(31)33-26(2,3)4)15-7-9-16(10-8-15)20-19(32-6)13-18(27)22-21(20)17-11-12-34-23(17)24(30)28-22/h7-14H,1-6H3,(H,28,30)/t14-/m1/s1. The van der Waals surface area contributed by atoms with E-state index in [9.17, 15) is 9.59 Å². The maximum atomic E-state index is 12.6. The Hall–Kier alpha value is -2.84. The normalized spacial score (nSPS) is 12.7.